The summed E-state index contributed by atoms with van der Waals surface area (Å²) < 4.78 is 14.9. The van der Waals surface area contributed by atoms with Gasteiger partial charge in [0.1, 0.15) is 11.6 Å². The molecule has 188 valence electrons. The van der Waals surface area contributed by atoms with Gasteiger partial charge in [-0.1, -0.05) is 27.7 Å². The largest absolute Gasteiger partial charge is 0.543 e. The monoisotopic (exact) mass is 557 g/mol. The first-order valence-electron chi connectivity index (χ1n) is 12.2. The Morgan fingerprint density at radius 3 is 2.77 bits per heavy atom. The molecule has 0 amide bonds. The van der Waals surface area contributed by atoms with Gasteiger partial charge in [0.15, 0.2) is 0 Å². The lowest BCUT2D eigenvalue weighted by Crippen LogP contribution is -2.43. The molecule has 0 saturated carbocycles. The molecule has 0 radical (unpaired) electrons. The Labute approximate surface area is 217 Å². The molecule has 3 N–H and O–H groups in total. The molecule has 1 fully saturated rings. The number of fused-ring (bicyclic) bond motifs is 1. The van der Waals surface area contributed by atoms with Crippen molar-refractivity contribution in [3.63, 3.8) is 0 Å². The van der Waals surface area contributed by atoms with Crippen molar-refractivity contribution in [2.24, 2.45) is 10.7 Å². The van der Waals surface area contributed by atoms with Crippen molar-refractivity contribution < 1.29 is 9.16 Å². The van der Waals surface area contributed by atoms with Gasteiger partial charge >= 0.3 is 0 Å². The Bertz CT molecular complexity index is 1240. The summed E-state index contributed by atoms with van der Waals surface area (Å²) >= 11 is 3.56. The molecule has 0 aliphatic carbocycles. The highest BCUT2D eigenvalue weighted by molar-refractivity contribution is 9.10. The van der Waals surface area contributed by atoms with Crippen LogP contribution in [0.3, 0.4) is 0 Å². The second kappa shape index (κ2) is 9.95. The molecule has 1 aliphatic rings. The zero-order chi connectivity index (χ0) is 25.4. The van der Waals surface area contributed by atoms with Gasteiger partial charge in [0, 0.05) is 17.3 Å². The first-order valence-corrected chi connectivity index (χ1v) is 15.9. The van der Waals surface area contributed by atoms with Gasteiger partial charge in [0.2, 0.25) is 8.32 Å². The zero-order valence-corrected chi connectivity index (χ0v) is 24.1. The smallest absolute Gasteiger partial charge is 0.250 e. The summed E-state index contributed by atoms with van der Waals surface area (Å²) in [6, 6.07) is 8.37. The Hall–Kier alpha value is -2.36. The van der Waals surface area contributed by atoms with Crippen molar-refractivity contribution in [1.82, 2.24) is 9.61 Å². The van der Waals surface area contributed by atoms with Crippen LogP contribution >= 0.6 is 15.9 Å². The fraction of sp³-hybridized carbons (Fsp3) is 0.462. The van der Waals surface area contributed by atoms with E-state index in [1.165, 1.54) is 0 Å². The molecule has 1 saturated heterocycles. The highest BCUT2D eigenvalue weighted by Gasteiger charge is 2.39. The van der Waals surface area contributed by atoms with E-state index < -0.39 is 8.32 Å². The lowest BCUT2D eigenvalue weighted by Gasteiger charge is -2.36. The van der Waals surface area contributed by atoms with Crippen molar-refractivity contribution in [3.05, 3.63) is 52.3 Å². The summed E-state index contributed by atoms with van der Waals surface area (Å²) in [6.45, 7) is 14.8. The van der Waals surface area contributed by atoms with Gasteiger partial charge in [0.05, 0.1) is 41.3 Å². The second-order valence-corrected chi connectivity index (χ2v) is 16.3. The predicted octanol–water partition coefficient (Wildman–Crippen LogP) is 6.28. The number of aryl methyl sites for hydroxylation is 1. The van der Waals surface area contributed by atoms with Gasteiger partial charge in [-0.3, -0.25) is 0 Å². The number of benzene rings is 1. The van der Waals surface area contributed by atoms with Crippen LogP contribution in [0.4, 0.5) is 11.4 Å². The van der Waals surface area contributed by atoms with Gasteiger partial charge in [-0.15, -0.1) is 0 Å². The Balaban J connectivity index is 1.70. The van der Waals surface area contributed by atoms with Crippen LogP contribution in [0.5, 0.6) is 5.75 Å². The van der Waals surface area contributed by atoms with Gasteiger partial charge < -0.3 is 20.2 Å². The van der Waals surface area contributed by atoms with Crippen molar-refractivity contribution in [3.8, 4) is 5.75 Å². The Kier molecular flexibility index (Phi) is 7.31. The molecule has 0 bridgehead atoms. The predicted molar refractivity (Wildman–Crippen MR) is 150 cm³/mol. The quantitative estimate of drug-likeness (QED) is 0.203. The summed E-state index contributed by atoms with van der Waals surface area (Å²) in [6.07, 6.45) is 5.48. The molecular formula is C26H36BrN5O2Si. The number of nitrogens with two attached hydrogens (primary N) is 1. The number of nitrogens with one attached hydrogen (secondary N) is 1. The molecule has 9 heteroatoms. The summed E-state index contributed by atoms with van der Waals surface area (Å²) in [5, 5.41) is 8.32. The van der Waals surface area contributed by atoms with E-state index in [9.17, 15) is 0 Å². The maximum absolute atomic E-state index is 6.61. The minimum atomic E-state index is -1.93. The molecule has 1 atom stereocenters. The molecule has 2 aromatic heterocycles. The normalized spacial score (nSPS) is 17.2. The lowest BCUT2D eigenvalue weighted by molar-refractivity contribution is 0.195. The van der Waals surface area contributed by atoms with Crippen LogP contribution in [0.2, 0.25) is 18.1 Å². The highest BCUT2D eigenvalue weighted by Crippen LogP contribution is 2.38. The van der Waals surface area contributed by atoms with Crippen LogP contribution in [0.1, 0.15) is 45.2 Å². The first-order chi connectivity index (χ1) is 16.5. The third-order valence-electron chi connectivity index (χ3n) is 7.01. The standard InChI is InChI=1S/C26H36BrN5O2Si/c1-7-17-12-20(34-35(5,6)26(2,3)4)8-9-22(17)31-25(28)21-14-29-32-15-18(27)13-23(32)24(21)30-19-10-11-33-16-19/h8-9,12-15,19,30H,7,10-11,16H2,1-6H3,(H2,28,31)/t19-/m0/s1. The van der Waals surface area contributed by atoms with Gasteiger partial charge in [-0.05, 0) is 76.7 Å². The fourth-order valence-electron chi connectivity index (χ4n) is 3.88. The average molecular weight is 559 g/mol. The van der Waals surface area contributed by atoms with Gasteiger partial charge in [-0.25, -0.2) is 9.51 Å². The van der Waals surface area contributed by atoms with E-state index in [1.54, 1.807) is 6.20 Å². The number of amidine groups is 1. The third-order valence-corrected chi connectivity index (χ3v) is 11.8. The average Bonchev–Trinajstić information content (AvgIpc) is 3.42. The lowest BCUT2D eigenvalue weighted by atomic mass is 10.1. The minimum Gasteiger partial charge on any atom is -0.543 e. The molecule has 0 unspecified atom stereocenters. The van der Waals surface area contributed by atoms with Crippen LogP contribution in [0.15, 0.2) is 46.1 Å². The first kappa shape index (κ1) is 25.7. The molecule has 7 nitrogen and oxygen atoms in total. The minimum absolute atomic E-state index is 0.133. The number of hydrogen-bond donors (Lipinski definition) is 2. The number of hydrogen-bond acceptors (Lipinski definition) is 5. The summed E-state index contributed by atoms with van der Waals surface area (Å²) in [5.41, 5.74) is 11.2. The number of ether oxygens (including phenoxy) is 1. The van der Waals surface area contributed by atoms with Crippen LogP contribution in [-0.2, 0) is 11.2 Å². The maximum atomic E-state index is 6.61. The van der Waals surface area contributed by atoms with Crippen molar-refractivity contribution >= 4 is 47.0 Å². The molecule has 3 heterocycles. The molecule has 1 aliphatic heterocycles. The number of nitrogens with zero attached hydrogens (tertiary/aromatic N) is 3. The van der Waals surface area contributed by atoms with Gasteiger partial charge in [-0.2, -0.15) is 5.10 Å². The number of aliphatic imine (C=N–C) groups is 1. The summed E-state index contributed by atoms with van der Waals surface area (Å²) in [4.78, 5) is 4.85. The van der Waals surface area contributed by atoms with Crippen LogP contribution in [0.25, 0.3) is 5.52 Å². The van der Waals surface area contributed by atoms with Crippen molar-refractivity contribution in [2.75, 3.05) is 18.5 Å². The number of halogens is 1. The highest BCUT2D eigenvalue weighted by atomic mass is 79.9. The molecule has 0 spiro atoms. The fourth-order valence-corrected chi connectivity index (χ4v) is 5.31. The Morgan fingerprint density at radius 1 is 1.34 bits per heavy atom. The van der Waals surface area contributed by atoms with Gasteiger partial charge in [0.25, 0.3) is 0 Å². The van der Waals surface area contributed by atoms with Crippen molar-refractivity contribution in [2.45, 2.75) is 64.7 Å². The SMILES string of the molecule is CCc1cc(O[Si](C)(C)C(C)(C)C)ccc1/N=C(\N)c1cnn2cc(Br)cc2c1N[C@H]1CCOC1. The van der Waals surface area contributed by atoms with Crippen LogP contribution in [-0.4, -0.2) is 43.0 Å². The molecule has 35 heavy (non-hydrogen) atoms. The third kappa shape index (κ3) is 5.57. The summed E-state index contributed by atoms with van der Waals surface area (Å²) in [7, 11) is -1.93. The Morgan fingerprint density at radius 2 is 2.11 bits per heavy atom. The van der Waals surface area contributed by atoms with Crippen LogP contribution < -0.4 is 15.5 Å². The molecule has 3 aromatic rings. The molecule has 4 rings (SSSR count). The van der Waals surface area contributed by atoms with E-state index in [0.717, 1.165) is 57.7 Å². The molecular weight excluding hydrogens is 522 g/mol. The maximum Gasteiger partial charge on any atom is 0.250 e. The van der Waals surface area contributed by atoms with E-state index in [4.69, 9.17) is 19.9 Å². The number of aromatic nitrogens is 2. The van der Waals surface area contributed by atoms with Crippen molar-refractivity contribution in [1.29, 1.82) is 0 Å². The van der Waals surface area contributed by atoms with E-state index in [2.05, 4.69) is 73.2 Å². The van der Waals surface area contributed by atoms with E-state index in [0.29, 0.717) is 12.4 Å². The molecule has 1 aromatic carbocycles. The number of rotatable bonds is 7. The summed E-state index contributed by atoms with van der Waals surface area (Å²) in [5.74, 6) is 1.32. The van der Waals surface area contributed by atoms with E-state index in [-0.39, 0.29) is 11.1 Å². The second-order valence-electron chi connectivity index (χ2n) is 10.6. The van der Waals surface area contributed by atoms with E-state index in [1.807, 2.05) is 28.9 Å². The number of anilines is 1. The zero-order valence-electron chi connectivity index (χ0n) is 21.5. The van der Waals surface area contributed by atoms with Crippen LogP contribution in [0, 0.1) is 0 Å². The topological polar surface area (TPSA) is 86.2 Å². The van der Waals surface area contributed by atoms with E-state index >= 15 is 0 Å².